The average Bonchev–Trinajstić information content (AvgIpc) is 3.46. The lowest BCUT2D eigenvalue weighted by molar-refractivity contribution is -0.117. The van der Waals surface area contributed by atoms with Crippen molar-refractivity contribution in [3.8, 4) is 11.3 Å². The Kier molecular flexibility index (Phi) is 6.51. The van der Waals surface area contributed by atoms with Crippen LogP contribution in [-0.4, -0.2) is 50.8 Å². The first-order valence-electron chi connectivity index (χ1n) is 13.0. The van der Waals surface area contributed by atoms with Gasteiger partial charge in [-0.1, -0.05) is 19.9 Å². The number of piperidine rings is 1. The molecule has 190 valence electrons. The van der Waals surface area contributed by atoms with Crippen molar-refractivity contribution < 1.29 is 9.53 Å². The number of likely N-dealkylation sites (tertiary alicyclic amines) is 1. The quantitative estimate of drug-likeness (QED) is 0.500. The Balaban J connectivity index is 1.53. The van der Waals surface area contributed by atoms with Crippen LogP contribution in [0.25, 0.3) is 22.2 Å². The van der Waals surface area contributed by atoms with Crippen LogP contribution >= 0.6 is 0 Å². The Morgan fingerprint density at radius 1 is 1.14 bits per heavy atom. The van der Waals surface area contributed by atoms with E-state index in [0.29, 0.717) is 17.7 Å². The maximum atomic E-state index is 12.4. The van der Waals surface area contributed by atoms with Crippen molar-refractivity contribution in [3.05, 3.63) is 65.3 Å². The van der Waals surface area contributed by atoms with Crippen LogP contribution in [0.15, 0.2) is 48.5 Å². The van der Waals surface area contributed by atoms with Crippen LogP contribution in [0.5, 0.6) is 0 Å². The topological polar surface area (TPSA) is 87.5 Å². The van der Waals surface area contributed by atoms with Gasteiger partial charge in [0.15, 0.2) is 6.23 Å². The number of benzene rings is 1. The van der Waals surface area contributed by atoms with Gasteiger partial charge in [0.2, 0.25) is 0 Å². The molecule has 1 aromatic carbocycles. The van der Waals surface area contributed by atoms with Crippen molar-refractivity contribution in [2.24, 2.45) is 5.73 Å². The summed E-state index contributed by atoms with van der Waals surface area (Å²) in [6.45, 7) is 12.9. The molecule has 1 amide bonds. The number of rotatable bonds is 6. The molecular weight excluding hydrogens is 450 g/mol. The highest BCUT2D eigenvalue weighted by Gasteiger charge is 2.39. The van der Waals surface area contributed by atoms with Gasteiger partial charge in [-0.25, -0.2) is 0 Å². The van der Waals surface area contributed by atoms with E-state index in [1.807, 2.05) is 13.1 Å². The number of aryl methyl sites for hydroxylation is 1. The van der Waals surface area contributed by atoms with Crippen LogP contribution in [0.1, 0.15) is 69.5 Å². The van der Waals surface area contributed by atoms with Crippen molar-refractivity contribution in [1.82, 2.24) is 19.8 Å². The standard InChI is InChI=1S/C29H37N5O2/c1-17(2)26-23-15-21(6-7-24(23)32-27(26)20-8-11-31-19(5)14-20)29-34(25(16-36-29)28(30)35)22-9-12-33(13-10-22)18(3)4/h6-8,11,14-18,22,29,32H,9-10,12-13H2,1-5H3,(H2,30,35). The summed E-state index contributed by atoms with van der Waals surface area (Å²) in [7, 11) is 0. The van der Waals surface area contributed by atoms with E-state index in [4.69, 9.17) is 10.5 Å². The van der Waals surface area contributed by atoms with Gasteiger partial charge in [0.1, 0.15) is 12.0 Å². The molecule has 7 heteroatoms. The third-order valence-electron chi connectivity index (χ3n) is 7.63. The highest BCUT2D eigenvalue weighted by atomic mass is 16.5. The number of ether oxygens (including phenoxy) is 1. The molecule has 0 bridgehead atoms. The van der Waals surface area contributed by atoms with Gasteiger partial charge < -0.3 is 25.3 Å². The Morgan fingerprint density at radius 2 is 1.89 bits per heavy atom. The van der Waals surface area contributed by atoms with Crippen molar-refractivity contribution in [2.75, 3.05) is 13.1 Å². The minimum atomic E-state index is -0.440. The zero-order chi connectivity index (χ0) is 25.6. The van der Waals surface area contributed by atoms with Crippen LogP contribution in [0, 0.1) is 6.92 Å². The van der Waals surface area contributed by atoms with Crippen molar-refractivity contribution in [3.63, 3.8) is 0 Å². The van der Waals surface area contributed by atoms with Gasteiger partial charge in [-0.05, 0) is 69.4 Å². The van der Waals surface area contributed by atoms with Crippen LogP contribution in [0.2, 0.25) is 0 Å². The molecule has 36 heavy (non-hydrogen) atoms. The monoisotopic (exact) mass is 487 g/mol. The number of aromatic nitrogens is 2. The largest absolute Gasteiger partial charge is 0.471 e. The van der Waals surface area contributed by atoms with E-state index in [1.54, 1.807) is 6.26 Å². The molecule has 4 heterocycles. The second-order valence-corrected chi connectivity index (χ2v) is 10.7. The third-order valence-corrected chi connectivity index (χ3v) is 7.63. The number of primary amides is 1. The molecule has 3 N–H and O–H groups in total. The van der Waals surface area contributed by atoms with Gasteiger partial charge in [0.05, 0.1) is 5.69 Å². The molecule has 2 aliphatic rings. The second kappa shape index (κ2) is 9.62. The van der Waals surface area contributed by atoms with Gasteiger partial charge in [0, 0.05) is 59.1 Å². The van der Waals surface area contributed by atoms with Crippen molar-refractivity contribution >= 4 is 16.8 Å². The van der Waals surface area contributed by atoms with Crippen LogP contribution in [0.3, 0.4) is 0 Å². The number of amides is 1. The number of nitrogens with two attached hydrogens (primary N) is 1. The Hall–Kier alpha value is -3.32. The van der Waals surface area contributed by atoms with Crippen LogP contribution < -0.4 is 5.73 Å². The predicted octanol–water partition coefficient (Wildman–Crippen LogP) is 5.19. The van der Waals surface area contributed by atoms with Gasteiger partial charge in [-0.2, -0.15) is 0 Å². The van der Waals surface area contributed by atoms with E-state index >= 15 is 0 Å². The zero-order valence-corrected chi connectivity index (χ0v) is 21.9. The fourth-order valence-corrected chi connectivity index (χ4v) is 5.79. The van der Waals surface area contributed by atoms with Crippen LogP contribution in [-0.2, 0) is 9.53 Å². The maximum Gasteiger partial charge on any atom is 0.268 e. The number of aromatic amines is 1. The van der Waals surface area contributed by atoms with Gasteiger partial charge in [0.25, 0.3) is 5.91 Å². The van der Waals surface area contributed by atoms with Crippen molar-refractivity contribution in [1.29, 1.82) is 0 Å². The van der Waals surface area contributed by atoms with E-state index in [-0.39, 0.29) is 12.3 Å². The fraction of sp³-hybridized carbons (Fsp3) is 0.448. The lowest BCUT2D eigenvalue weighted by Gasteiger charge is -2.41. The Labute approximate surface area is 213 Å². The molecule has 0 aliphatic carbocycles. The first-order valence-corrected chi connectivity index (χ1v) is 13.0. The molecule has 1 atom stereocenters. The summed E-state index contributed by atoms with van der Waals surface area (Å²) in [5.41, 5.74) is 12.9. The van der Waals surface area contributed by atoms with Gasteiger partial charge in [-0.3, -0.25) is 9.78 Å². The molecule has 0 radical (unpaired) electrons. The molecule has 2 aromatic heterocycles. The SMILES string of the molecule is Cc1cc(-c2[nH]c3ccc(C4OC=C(C(N)=O)N4C4CCN(C(C)C)CC4)cc3c2C(C)C)ccn1. The van der Waals surface area contributed by atoms with E-state index in [9.17, 15) is 4.79 Å². The normalized spacial score (nSPS) is 19.4. The molecule has 2 aliphatic heterocycles. The summed E-state index contributed by atoms with van der Waals surface area (Å²) in [5, 5.41) is 1.18. The molecule has 1 fully saturated rings. The minimum absolute atomic E-state index is 0.202. The van der Waals surface area contributed by atoms with E-state index in [1.165, 1.54) is 10.9 Å². The van der Waals surface area contributed by atoms with Crippen molar-refractivity contribution in [2.45, 2.75) is 71.7 Å². The fourth-order valence-electron chi connectivity index (χ4n) is 5.79. The zero-order valence-electron chi connectivity index (χ0n) is 21.9. The molecule has 7 nitrogen and oxygen atoms in total. The lowest BCUT2D eigenvalue weighted by Crippen LogP contribution is -2.48. The number of nitrogens with zero attached hydrogens (tertiary/aromatic N) is 3. The lowest BCUT2D eigenvalue weighted by atomic mass is 9.95. The molecule has 0 saturated carbocycles. The number of pyridine rings is 1. The first kappa shape index (κ1) is 24.4. The molecule has 3 aromatic rings. The number of fused-ring (bicyclic) bond motifs is 1. The summed E-state index contributed by atoms with van der Waals surface area (Å²) >= 11 is 0. The van der Waals surface area contributed by atoms with Crippen LogP contribution in [0.4, 0.5) is 0 Å². The molecule has 0 spiro atoms. The summed E-state index contributed by atoms with van der Waals surface area (Å²) in [6.07, 6.45) is 4.99. The first-order chi connectivity index (χ1) is 17.2. The summed E-state index contributed by atoms with van der Waals surface area (Å²) in [6, 6.07) is 11.3. The number of H-pyrrole nitrogens is 1. The number of carbonyl (C=O) groups excluding carboxylic acids is 1. The second-order valence-electron chi connectivity index (χ2n) is 10.7. The molecular formula is C29H37N5O2. The highest BCUT2D eigenvalue weighted by Crippen LogP contribution is 2.41. The molecule has 5 rings (SSSR count). The predicted molar refractivity (Wildman–Crippen MR) is 143 cm³/mol. The minimum Gasteiger partial charge on any atom is -0.471 e. The summed E-state index contributed by atoms with van der Waals surface area (Å²) in [5.74, 6) is -0.123. The maximum absolute atomic E-state index is 12.4. The number of nitrogens with one attached hydrogen (secondary N) is 1. The summed E-state index contributed by atoms with van der Waals surface area (Å²) < 4.78 is 6.14. The Bertz CT molecular complexity index is 1300. The van der Waals surface area contributed by atoms with E-state index < -0.39 is 5.91 Å². The summed E-state index contributed by atoms with van der Waals surface area (Å²) in [4.78, 5) is 25.0. The van der Waals surface area contributed by atoms with Gasteiger partial charge >= 0.3 is 0 Å². The average molecular weight is 488 g/mol. The van der Waals surface area contributed by atoms with Gasteiger partial charge in [-0.15, -0.1) is 0 Å². The van der Waals surface area contributed by atoms with E-state index in [0.717, 1.165) is 54.0 Å². The smallest absolute Gasteiger partial charge is 0.268 e. The number of hydrogen-bond acceptors (Lipinski definition) is 5. The number of hydrogen-bond donors (Lipinski definition) is 2. The third kappa shape index (κ3) is 4.37. The molecule has 1 saturated heterocycles. The molecule has 1 unspecified atom stereocenters. The van der Waals surface area contributed by atoms with E-state index in [2.05, 4.69) is 77.8 Å². The number of carbonyl (C=O) groups is 1. The highest BCUT2D eigenvalue weighted by molar-refractivity contribution is 5.93. The Morgan fingerprint density at radius 3 is 2.53 bits per heavy atom.